The van der Waals surface area contributed by atoms with Crippen LogP contribution in [0.5, 0.6) is 0 Å². The Morgan fingerprint density at radius 3 is 1.41 bits per heavy atom. The number of anilines is 1. The molecular formula is C32H36N5NaO3. The Bertz CT molecular complexity index is 1660. The molecule has 0 saturated carbocycles. The van der Waals surface area contributed by atoms with Crippen LogP contribution in [0.2, 0.25) is 0 Å². The molecule has 0 aliphatic rings. The van der Waals surface area contributed by atoms with Gasteiger partial charge in [-0.2, -0.15) is 0 Å². The van der Waals surface area contributed by atoms with Crippen LogP contribution >= 0.6 is 0 Å². The van der Waals surface area contributed by atoms with E-state index in [1.54, 1.807) is 4.68 Å². The topological polar surface area (TPSA) is 74.2 Å². The van der Waals surface area contributed by atoms with Crippen LogP contribution in [0.1, 0.15) is 31.0 Å². The molecule has 5 aromatic rings. The Kier molecular flexibility index (Phi) is 11.1. The summed E-state index contributed by atoms with van der Waals surface area (Å²) in [5.74, 6) is 0. The third-order valence-electron chi connectivity index (χ3n) is 6.85. The number of aromatic nitrogens is 4. The van der Waals surface area contributed by atoms with E-state index in [0.29, 0.717) is 23.4 Å². The first-order chi connectivity index (χ1) is 19.3. The van der Waals surface area contributed by atoms with Crippen molar-refractivity contribution in [2.45, 2.75) is 33.1 Å². The van der Waals surface area contributed by atoms with Crippen molar-refractivity contribution in [3.05, 3.63) is 133 Å². The van der Waals surface area contributed by atoms with Crippen LogP contribution < -0.4 is 51.1 Å². The Hall–Kier alpha value is -3.72. The van der Waals surface area contributed by atoms with Gasteiger partial charge in [-0.1, -0.05) is 74.4 Å². The van der Waals surface area contributed by atoms with Crippen LogP contribution in [0.25, 0.3) is 17.1 Å². The Labute approximate surface area is 262 Å². The van der Waals surface area contributed by atoms with Gasteiger partial charge in [0.1, 0.15) is 16.8 Å². The third-order valence-corrected chi connectivity index (χ3v) is 6.85. The summed E-state index contributed by atoms with van der Waals surface area (Å²) in [6, 6.07) is 28.2. The van der Waals surface area contributed by atoms with Crippen LogP contribution in [-0.4, -0.2) is 32.8 Å². The van der Waals surface area contributed by atoms with Gasteiger partial charge >= 0.3 is 29.6 Å². The van der Waals surface area contributed by atoms with Gasteiger partial charge in [-0.05, 0) is 43.3 Å². The summed E-state index contributed by atoms with van der Waals surface area (Å²) < 4.78 is 6.52. The van der Waals surface area contributed by atoms with Gasteiger partial charge in [0.25, 0.3) is 5.56 Å². The molecule has 2 heterocycles. The van der Waals surface area contributed by atoms with Crippen molar-refractivity contribution in [1.82, 2.24) is 18.7 Å². The molecule has 0 fully saturated rings. The van der Waals surface area contributed by atoms with Crippen molar-refractivity contribution in [2.75, 3.05) is 19.0 Å². The number of rotatable bonds is 7. The van der Waals surface area contributed by atoms with Gasteiger partial charge in [-0.25, -0.2) is 19.6 Å². The molecule has 5 rings (SSSR count). The number of benzene rings is 3. The molecule has 0 aliphatic carbocycles. The predicted molar refractivity (Wildman–Crippen MR) is 162 cm³/mol. The van der Waals surface area contributed by atoms with E-state index in [1.165, 1.54) is 9.36 Å². The number of nitrogens with zero attached hydrogens (tertiary/aromatic N) is 5. The van der Waals surface area contributed by atoms with Gasteiger partial charge in [0.15, 0.2) is 0 Å². The molecule has 0 unspecified atom stereocenters. The molecule has 9 heteroatoms. The average Bonchev–Trinajstić information content (AvgIpc) is 3.35. The molecule has 0 amide bonds. The maximum atomic E-state index is 12.8. The van der Waals surface area contributed by atoms with Gasteiger partial charge in [0, 0.05) is 21.1 Å². The minimum Gasteiger partial charge on any atom is -0.372 e. The van der Waals surface area contributed by atoms with E-state index in [2.05, 4.69) is 0 Å². The molecule has 0 radical (unpaired) electrons. The molecule has 208 valence electrons. The molecule has 3 aromatic carbocycles. The number of hydrogen-bond acceptors (Lipinski definition) is 4. The summed E-state index contributed by atoms with van der Waals surface area (Å²) in [6.07, 6.45) is 2.29. The van der Waals surface area contributed by atoms with Crippen LogP contribution in [-0.2, 0) is 13.5 Å². The van der Waals surface area contributed by atoms with Crippen molar-refractivity contribution in [2.24, 2.45) is 7.05 Å². The average molecular weight is 562 g/mol. The summed E-state index contributed by atoms with van der Waals surface area (Å²) >= 11 is 0. The van der Waals surface area contributed by atoms with E-state index in [9.17, 15) is 14.4 Å². The summed E-state index contributed by atoms with van der Waals surface area (Å²) in [5, 5.41) is 0. The maximum Gasteiger partial charge on any atom is 1.00 e. The second-order valence-corrected chi connectivity index (χ2v) is 9.79. The van der Waals surface area contributed by atoms with Crippen molar-refractivity contribution < 1.29 is 29.6 Å². The Morgan fingerprint density at radius 1 is 0.683 bits per heavy atom. The van der Waals surface area contributed by atoms with Gasteiger partial charge in [-0.15, -0.1) is 6.42 Å². The van der Waals surface area contributed by atoms with E-state index in [-0.39, 0.29) is 46.2 Å². The monoisotopic (exact) mass is 561 g/mol. The molecule has 0 bridgehead atoms. The minimum atomic E-state index is -0.224. The molecular weight excluding hydrogens is 525 g/mol. The van der Waals surface area contributed by atoms with Gasteiger partial charge in [0.2, 0.25) is 0 Å². The Balaban J connectivity index is 0.000000230. The maximum absolute atomic E-state index is 12.8. The molecule has 0 spiro atoms. The van der Waals surface area contributed by atoms with Crippen LogP contribution in [0, 0.1) is 6.92 Å². The quantitative estimate of drug-likeness (QED) is 0.224. The standard InChI is InChI=1S/C19H19N2O2.C13H17N3O.Na/c1-2-3-14-17-18(22)20(15-10-6-4-7-11-15)21(19(17)23)16-12-8-5-9-13-16;1-10-12(14(2)3)13(17)16(15(10)4)11-8-6-5-7-9-11;/h4-13H,2-3,14H2,1H3;5-9H,1-4H3;/q-1;;+1. The van der Waals surface area contributed by atoms with E-state index >= 15 is 0 Å². The van der Waals surface area contributed by atoms with Crippen LogP contribution in [0.15, 0.2) is 105 Å². The molecule has 0 N–H and O–H groups in total. The molecule has 41 heavy (non-hydrogen) atoms. The number of hydrogen-bond donors (Lipinski definition) is 0. The van der Waals surface area contributed by atoms with Crippen molar-refractivity contribution >= 4 is 5.69 Å². The van der Waals surface area contributed by atoms with E-state index in [4.69, 9.17) is 0 Å². The van der Waals surface area contributed by atoms with E-state index in [1.807, 2.05) is 136 Å². The SMILES string of the molecule is CCCC[c-]1c(=O)n(-c2ccccc2)n(-c2ccccc2)c1=O.Cc1c(N(C)C)c(=O)n(-c2ccccc2)n1C.[Na+]. The van der Waals surface area contributed by atoms with E-state index in [0.717, 1.165) is 29.9 Å². The largest absolute Gasteiger partial charge is 1.00 e. The smallest absolute Gasteiger partial charge is 0.372 e. The third kappa shape index (κ3) is 6.62. The van der Waals surface area contributed by atoms with Crippen LogP contribution in [0.4, 0.5) is 5.69 Å². The first-order valence-electron chi connectivity index (χ1n) is 13.4. The zero-order valence-corrected chi connectivity index (χ0v) is 26.7. The number of unbranched alkanes of at least 4 members (excludes halogenated alkanes) is 1. The zero-order chi connectivity index (χ0) is 28.8. The first-order valence-corrected chi connectivity index (χ1v) is 13.4. The van der Waals surface area contributed by atoms with Gasteiger partial charge < -0.3 is 14.5 Å². The molecule has 8 nitrogen and oxygen atoms in total. The fourth-order valence-electron chi connectivity index (χ4n) is 4.77. The van der Waals surface area contributed by atoms with E-state index < -0.39 is 0 Å². The van der Waals surface area contributed by atoms with Crippen molar-refractivity contribution in [1.29, 1.82) is 0 Å². The van der Waals surface area contributed by atoms with Gasteiger partial charge in [0.05, 0.1) is 22.8 Å². The van der Waals surface area contributed by atoms with Gasteiger partial charge in [-0.3, -0.25) is 9.48 Å². The second kappa shape index (κ2) is 14.3. The molecule has 0 aliphatic heterocycles. The zero-order valence-electron chi connectivity index (χ0n) is 24.7. The molecule has 0 atom stereocenters. The van der Waals surface area contributed by atoms with Crippen LogP contribution in [0.3, 0.4) is 0 Å². The minimum absolute atomic E-state index is 0. The van der Waals surface area contributed by atoms with Crippen molar-refractivity contribution in [3.63, 3.8) is 0 Å². The fourth-order valence-corrected chi connectivity index (χ4v) is 4.77. The first kappa shape index (κ1) is 31.8. The van der Waals surface area contributed by atoms with Crippen molar-refractivity contribution in [3.8, 4) is 17.1 Å². The summed E-state index contributed by atoms with van der Waals surface area (Å²) in [6.45, 7) is 4.00. The molecule has 2 aromatic heterocycles. The normalized spacial score (nSPS) is 10.5. The summed E-state index contributed by atoms with van der Waals surface area (Å²) in [5.41, 5.74) is 3.90. The Morgan fingerprint density at radius 2 is 1.07 bits per heavy atom. The fraction of sp³-hybridized carbons (Fsp3) is 0.250. The second-order valence-electron chi connectivity index (χ2n) is 9.79. The summed E-state index contributed by atoms with van der Waals surface area (Å²) in [7, 11) is 5.68. The predicted octanol–water partition coefficient (Wildman–Crippen LogP) is 1.60. The summed E-state index contributed by atoms with van der Waals surface area (Å²) in [4.78, 5) is 39.9. The molecule has 0 saturated heterocycles. The number of para-hydroxylation sites is 3.